The number of hydrogen-bond donors (Lipinski definition) is 0. The molecule has 0 spiro atoms. The number of benzene rings is 6. The van der Waals surface area contributed by atoms with Crippen molar-refractivity contribution in [3.05, 3.63) is 159 Å². The standard InChI is InChI=1S/C73H85BN2S/c1-44-45-20-19-32-71(12,35-31-45)55-43-62-53(40-52(44)55)65-66(77-62)74-58-41-56-57(70(10,11)37-36-69(56,8)9)42-59(58)75(49-27-23-47(24-28-49)67(2,3)4)60-38-46(39-61(64(60)74)76(65)50-29-25-48(26-30-50)68(5,6)7)63-51-21-15-16-22-54(51)72(13)33-17-18-34-73(63,72)14/h15-16,21-30,38-45,63H,17-20,31-37H2,1-14H3. The lowest BCUT2D eigenvalue weighted by molar-refractivity contribution is 0.0924. The normalized spacial score (nSPS) is 27.5. The van der Waals surface area contributed by atoms with E-state index in [0.29, 0.717) is 5.92 Å². The van der Waals surface area contributed by atoms with Gasteiger partial charge < -0.3 is 9.80 Å². The van der Waals surface area contributed by atoms with Crippen LogP contribution in [0.25, 0.3) is 10.1 Å². The third-order valence-electron chi connectivity index (χ3n) is 22.7. The fourth-order valence-corrected chi connectivity index (χ4v) is 18.9. The van der Waals surface area contributed by atoms with Crippen molar-refractivity contribution in [2.45, 2.75) is 212 Å². The Morgan fingerprint density at radius 2 is 1.16 bits per heavy atom. The van der Waals surface area contributed by atoms with Crippen LogP contribution in [0.3, 0.4) is 0 Å². The first-order valence-corrected chi connectivity index (χ1v) is 31.1. The van der Waals surface area contributed by atoms with Gasteiger partial charge >= 0.3 is 0 Å². The summed E-state index contributed by atoms with van der Waals surface area (Å²) < 4.78 is 2.98. The fraction of sp³-hybridized carbons (Fsp3) is 0.479. The van der Waals surface area contributed by atoms with Crippen LogP contribution in [0, 0.1) is 11.3 Å². The molecular weight excluding hydrogens is 948 g/mol. The van der Waals surface area contributed by atoms with Gasteiger partial charge in [0.05, 0.1) is 5.69 Å². The number of nitrogens with zero attached hydrogens (tertiary/aromatic N) is 2. The first-order valence-electron chi connectivity index (χ1n) is 30.3. The Morgan fingerprint density at radius 3 is 1.82 bits per heavy atom. The molecule has 396 valence electrons. The Morgan fingerprint density at radius 1 is 0.545 bits per heavy atom. The van der Waals surface area contributed by atoms with Gasteiger partial charge in [0.15, 0.2) is 0 Å². The molecule has 2 saturated carbocycles. The Bertz CT molecular complexity index is 3580. The highest BCUT2D eigenvalue weighted by molar-refractivity contribution is 7.33. The molecule has 0 radical (unpaired) electrons. The summed E-state index contributed by atoms with van der Waals surface area (Å²) in [5.41, 5.74) is 25.3. The van der Waals surface area contributed by atoms with Gasteiger partial charge in [0, 0.05) is 49.2 Å². The summed E-state index contributed by atoms with van der Waals surface area (Å²) in [6.45, 7) is 34.9. The topological polar surface area (TPSA) is 6.48 Å². The predicted octanol–water partition coefficient (Wildman–Crippen LogP) is 18.9. The van der Waals surface area contributed by atoms with E-state index in [1.165, 1.54) is 153 Å². The van der Waals surface area contributed by atoms with E-state index in [0.717, 1.165) is 5.92 Å². The maximum Gasteiger partial charge on any atom is 0.264 e. The van der Waals surface area contributed by atoms with Crippen LogP contribution in [-0.4, -0.2) is 6.71 Å². The molecule has 14 rings (SSSR count). The Hall–Kier alpha value is -5.06. The van der Waals surface area contributed by atoms with Crippen molar-refractivity contribution in [1.29, 1.82) is 0 Å². The van der Waals surface area contributed by atoms with E-state index in [9.17, 15) is 0 Å². The summed E-state index contributed by atoms with van der Waals surface area (Å²) in [7, 11) is 0. The molecule has 77 heavy (non-hydrogen) atoms. The maximum absolute atomic E-state index is 2.82. The van der Waals surface area contributed by atoms with Crippen LogP contribution >= 0.6 is 11.3 Å². The minimum atomic E-state index is 0.0406. The zero-order valence-corrected chi connectivity index (χ0v) is 50.1. The molecule has 0 N–H and O–H groups in total. The summed E-state index contributed by atoms with van der Waals surface area (Å²) in [6, 6.07) is 45.8. The molecule has 6 atom stereocenters. The summed E-state index contributed by atoms with van der Waals surface area (Å²) in [5, 5.41) is 1.45. The molecule has 1 aromatic heterocycles. The molecule has 3 heterocycles. The van der Waals surface area contributed by atoms with Gasteiger partial charge in [-0.05, 0) is 217 Å². The molecule has 7 aliphatic rings. The highest BCUT2D eigenvalue weighted by Gasteiger charge is 2.59. The number of hydrogen-bond acceptors (Lipinski definition) is 3. The quantitative estimate of drug-likeness (QED) is 0.163. The van der Waals surface area contributed by atoms with Crippen LogP contribution in [0.1, 0.15) is 229 Å². The summed E-state index contributed by atoms with van der Waals surface area (Å²) >= 11 is 2.13. The van der Waals surface area contributed by atoms with Crippen molar-refractivity contribution in [3.63, 3.8) is 0 Å². The molecule has 6 unspecified atom stereocenters. The van der Waals surface area contributed by atoms with Crippen molar-refractivity contribution >= 4 is 78.0 Å². The highest BCUT2D eigenvalue weighted by Crippen LogP contribution is 2.67. The zero-order chi connectivity index (χ0) is 53.7. The van der Waals surface area contributed by atoms with Gasteiger partial charge in [-0.1, -0.05) is 171 Å². The minimum absolute atomic E-state index is 0.0406. The Balaban J connectivity index is 1.14. The molecular formula is C73H85BN2S. The van der Waals surface area contributed by atoms with Gasteiger partial charge in [0.1, 0.15) is 0 Å². The van der Waals surface area contributed by atoms with Crippen LogP contribution in [0.4, 0.5) is 34.1 Å². The van der Waals surface area contributed by atoms with Gasteiger partial charge in [-0.25, -0.2) is 0 Å². The molecule has 5 aliphatic carbocycles. The van der Waals surface area contributed by atoms with E-state index < -0.39 is 0 Å². The van der Waals surface area contributed by atoms with Gasteiger partial charge in [0.2, 0.25) is 0 Å². The zero-order valence-electron chi connectivity index (χ0n) is 49.3. The molecule has 2 fully saturated rings. The van der Waals surface area contributed by atoms with E-state index in [1.807, 2.05) is 0 Å². The Kier molecular flexibility index (Phi) is 10.8. The lowest BCUT2D eigenvalue weighted by atomic mass is 9.35. The number of anilines is 6. The van der Waals surface area contributed by atoms with Crippen LogP contribution in [-0.2, 0) is 32.5 Å². The molecule has 4 heteroatoms. The van der Waals surface area contributed by atoms with Gasteiger partial charge in [-0.3, -0.25) is 0 Å². The van der Waals surface area contributed by atoms with E-state index in [4.69, 9.17) is 0 Å². The molecule has 7 aromatic rings. The fourth-order valence-electron chi connectivity index (χ4n) is 17.6. The molecule has 6 aromatic carbocycles. The second-order valence-electron chi connectivity index (χ2n) is 30.2. The van der Waals surface area contributed by atoms with Crippen LogP contribution < -0.4 is 25.5 Å². The number of rotatable bonds is 3. The van der Waals surface area contributed by atoms with Crippen molar-refractivity contribution in [1.82, 2.24) is 0 Å². The first kappa shape index (κ1) is 50.2. The largest absolute Gasteiger partial charge is 0.311 e. The van der Waals surface area contributed by atoms with E-state index >= 15 is 0 Å². The summed E-state index contributed by atoms with van der Waals surface area (Å²) in [6.07, 6.45) is 14.1. The van der Waals surface area contributed by atoms with Gasteiger partial charge in [0.25, 0.3) is 6.71 Å². The van der Waals surface area contributed by atoms with Crippen LogP contribution in [0.15, 0.2) is 109 Å². The van der Waals surface area contributed by atoms with Crippen molar-refractivity contribution < 1.29 is 0 Å². The minimum Gasteiger partial charge on any atom is -0.311 e. The second kappa shape index (κ2) is 16.5. The number of thiophene rings is 1. The van der Waals surface area contributed by atoms with Crippen molar-refractivity contribution in [2.75, 3.05) is 9.80 Å². The lowest BCUT2D eigenvalue weighted by Gasteiger charge is -2.50. The van der Waals surface area contributed by atoms with Crippen molar-refractivity contribution in [3.8, 4) is 0 Å². The Labute approximate surface area is 467 Å². The van der Waals surface area contributed by atoms with Gasteiger partial charge in [-0.15, -0.1) is 11.3 Å². The lowest BCUT2D eigenvalue weighted by Crippen LogP contribution is -2.61. The summed E-state index contributed by atoms with van der Waals surface area (Å²) in [4.78, 5) is 5.59. The predicted molar refractivity (Wildman–Crippen MR) is 333 cm³/mol. The molecule has 2 nitrogen and oxygen atoms in total. The molecule has 2 bridgehead atoms. The van der Waals surface area contributed by atoms with E-state index in [1.54, 1.807) is 27.8 Å². The highest BCUT2D eigenvalue weighted by atomic mass is 32.1. The summed E-state index contributed by atoms with van der Waals surface area (Å²) in [5.74, 6) is 1.53. The average molecular weight is 1030 g/mol. The van der Waals surface area contributed by atoms with E-state index in [-0.39, 0.29) is 50.5 Å². The second-order valence-corrected chi connectivity index (χ2v) is 31.2. The maximum atomic E-state index is 2.82. The molecule has 0 amide bonds. The molecule has 0 saturated heterocycles. The van der Waals surface area contributed by atoms with Gasteiger partial charge in [-0.2, -0.15) is 0 Å². The van der Waals surface area contributed by atoms with Crippen LogP contribution in [0.2, 0.25) is 0 Å². The molecule has 2 aliphatic heterocycles. The first-order chi connectivity index (χ1) is 36.4. The smallest absolute Gasteiger partial charge is 0.264 e. The van der Waals surface area contributed by atoms with Crippen molar-refractivity contribution in [2.24, 2.45) is 11.3 Å². The SMILES string of the molecule is CC1c2cc3c4c(sc3cc2C2(C)CCCC1CC2)B1c2cc3c(cc2N(c2ccc(C(C)(C)C)cc2)c2cc(C5c6ccccc6C6(C)CCCCC56C)cc(c21)N4c1ccc(C(C)(C)C)cc1)C(C)(C)CCC3(C)C. The number of fused-ring (bicyclic) bond motifs is 15. The average Bonchev–Trinajstić information content (AvgIpc) is 3.64. The third-order valence-corrected chi connectivity index (χ3v) is 24.0. The van der Waals surface area contributed by atoms with Crippen LogP contribution in [0.5, 0.6) is 0 Å². The monoisotopic (exact) mass is 1030 g/mol. The van der Waals surface area contributed by atoms with E-state index in [2.05, 4.69) is 227 Å². The third kappa shape index (κ3) is 7.10.